The van der Waals surface area contributed by atoms with Crippen LogP contribution in [0.5, 0.6) is 17.2 Å². The number of ether oxygens (including phenoxy) is 3. The maximum Gasteiger partial charge on any atom is 0.417 e. The number of carbonyl (C=O) groups is 1. The molecule has 1 fully saturated rings. The summed E-state index contributed by atoms with van der Waals surface area (Å²) in [5.74, 6) is -0.0864. The van der Waals surface area contributed by atoms with Gasteiger partial charge in [-0.25, -0.2) is 0 Å². The topological polar surface area (TPSA) is 68.2 Å². The van der Waals surface area contributed by atoms with Crippen LogP contribution in [-0.2, 0) is 11.0 Å². The van der Waals surface area contributed by atoms with E-state index in [1.807, 2.05) is 0 Å². The summed E-state index contributed by atoms with van der Waals surface area (Å²) < 4.78 is 57.1. The summed E-state index contributed by atoms with van der Waals surface area (Å²) in [7, 11) is 4.31. The Hall–Kier alpha value is -2.65. The van der Waals surface area contributed by atoms with E-state index in [1.165, 1.54) is 33.5 Å². The van der Waals surface area contributed by atoms with E-state index in [0.717, 1.165) is 6.07 Å². The summed E-state index contributed by atoms with van der Waals surface area (Å²) in [6, 6.07) is 5.21. The van der Waals surface area contributed by atoms with Crippen molar-refractivity contribution in [1.29, 1.82) is 0 Å². The van der Waals surface area contributed by atoms with E-state index in [-0.39, 0.29) is 5.56 Å². The molecule has 0 amide bonds. The first-order valence-electron chi connectivity index (χ1n) is 10.3. The van der Waals surface area contributed by atoms with Gasteiger partial charge in [-0.2, -0.15) is 13.2 Å². The van der Waals surface area contributed by atoms with Gasteiger partial charge in [0.25, 0.3) is 0 Å². The Morgan fingerprint density at radius 2 is 1.70 bits per heavy atom. The number of benzene rings is 2. The van der Waals surface area contributed by atoms with Crippen LogP contribution >= 0.6 is 11.6 Å². The minimum absolute atomic E-state index is 0.258. The highest BCUT2D eigenvalue weighted by atomic mass is 35.5. The first-order valence-corrected chi connectivity index (χ1v) is 10.6. The monoisotopic (exact) mass is 487 g/mol. The molecule has 0 aromatic heterocycles. The van der Waals surface area contributed by atoms with Crippen molar-refractivity contribution in [3.05, 3.63) is 52.0 Å². The van der Waals surface area contributed by atoms with Gasteiger partial charge >= 0.3 is 12.1 Å². The van der Waals surface area contributed by atoms with Crippen LogP contribution in [0.2, 0.25) is 5.02 Å². The van der Waals surface area contributed by atoms with Gasteiger partial charge in [-0.1, -0.05) is 24.1 Å². The number of hydrogen-bond donors (Lipinski definition) is 1. The van der Waals surface area contributed by atoms with Crippen LogP contribution < -0.4 is 14.2 Å². The van der Waals surface area contributed by atoms with Crippen LogP contribution in [0.1, 0.15) is 42.0 Å². The number of rotatable bonds is 7. The second kappa shape index (κ2) is 10.1. The summed E-state index contributed by atoms with van der Waals surface area (Å²) in [6.07, 6.45) is -2.86. The maximum absolute atomic E-state index is 13.6. The first-order chi connectivity index (χ1) is 15.6. The van der Waals surface area contributed by atoms with Crippen molar-refractivity contribution in [2.24, 2.45) is 0 Å². The smallest absolute Gasteiger partial charge is 0.417 e. The molecule has 3 rings (SSSR count). The standard InChI is InChI=1S/C23H25ClF3NO5/c1-31-18-11-14(12-19(32-2)21(18)33-3)20(28-9-5-4-6-17(28)22(29)30)13-7-8-16(24)15(10-13)23(25,26)27/h7-8,10-12,17,20H,4-6,9H2,1-3H3,(H,29,30). The summed E-state index contributed by atoms with van der Waals surface area (Å²) >= 11 is 5.85. The molecule has 1 saturated heterocycles. The Bertz CT molecular complexity index is 989. The van der Waals surface area contributed by atoms with Crippen LogP contribution in [-0.4, -0.2) is 49.9 Å². The molecule has 6 nitrogen and oxygen atoms in total. The summed E-state index contributed by atoms with van der Waals surface area (Å²) in [6.45, 7) is 0.391. The van der Waals surface area contributed by atoms with Gasteiger partial charge < -0.3 is 19.3 Å². The minimum atomic E-state index is -4.67. The Labute approximate surface area is 194 Å². The van der Waals surface area contributed by atoms with Crippen molar-refractivity contribution >= 4 is 17.6 Å². The van der Waals surface area contributed by atoms with Gasteiger partial charge in [0, 0.05) is 0 Å². The fourth-order valence-electron chi connectivity index (χ4n) is 4.29. The number of methoxy groups -OCH3 is 3. The lowest BCUT2D eigenvalue weighted by molar-refractivity contribution is -0.145. The van der Waals surface area contributed by atoms with Crippen molar-refractivity contribution in [3.63, 3.8) is 0 Å². The Kier molecular flexibility index (Phi) is 7.64. The molecule has 10 heteroatoms. The molecule has 0 radical (unpaired) electrons. The highest BCUT2D eigenvalue weighted by Gasteiger charge is 2.38. The third-order valence-corrected chi connectivity index (χ3v) is 6.10. The van der Waals surface area contributed by atoms with E-state index in [1.54, 1.807) is 17.0 Å². The molecule has 1 aliphatic heterocycles. The van der Waals surface area contributed by atoms with Gasteiger partial charge in [0.05, 0.1) is 38.0 Å². The Balaban J connectivity index is 2.27. The molecular weight excluding hydrogens is 463 g/mol. The van der Waals surface area contributed by atoms with Crippen molar-refractivity contribution in [1.82, 2.24) is 4.90 Å². The summed E-state index contributed by atoms with van der Waals surface area (Å²) in [5.41, 5.74) is -0.217. The number of alkyl halides is 3. The van der Waals surface area contributed by atoms with Gasteiger partial charge in [-0.05, 0) is 54.8 Å². The normalized spacial score (nSPS) is 18.0. The molecule has 0 aliphatic carbocycles. The highest BCUT2D eigenvalue weighted by Crippen LogP contribution is 2.45. The van der Waals surface area contributed by atoms with Crippen LogP contribution in [0.3, 0.4) is 0 Å². The van der Waals surface area contributed by atoms with Crippen LogP contribution in [0.4, 0.5) is 13.2 Å². The Morgan fingerprint density at radius 3 is 2.21 bits per heavy atom. The molecular formula is C23H25ClF3NO5. The first kappa shape index (κ1) is 25.0. The minimum Gasteiger partial charge on any atom is -0.493 e. The second-order valence-electron chi connectivity index (χ2n) is 7.69. The zero-order valence-electron chi connectivity index (χ0n) is 18.4. The van der Waals surface area contributed by atoms with Crippen molar-refractivity contribution in [3.8, 4) is 17.2 Å². The van der Waals surface area contributed by atoms with E-state index < -0.39 is 34.8 Å². The molecule has 33 heavy (non-hydrogen) atoms. The number of carboxylic acid groups (broad SMARTS) is 1. The quantitative estimate of drug-likeness (QED) is 0.563. The average molecular weight is 488 g/mol. The number of likely N-dealkylation sites (tertiary alicyclic amines) is 1. The van der Waals surface area contributed by atoms with Crippen molar-refractivity contribution in [2.45, 2.75) is 37.5 Å². The molecule has 2 atom stereocenters. The molecule has 180 valence electrons. The van der Waals surface area contributed by atoms with E-state index in [9.17, 15) is 23.1 Å². The van der Waals surface area contributed by atoms with Crippen LogP contribution in [0, 0.1) is 0 Å². The summed E-state index contributed by atoms with van der Waals surface area (Å²) in [5, 5.41) is 9.42. The zero-order chi connectivity index (χ0) is 24.3. The number of hydrogen-bond acceptors (Lipinski definition) is 5. The Morgan fingerprint density at radius 1 is 1.06 bits per heavy atom. The fourth-order valence-corrected chi connectivity index (χ4v) is 4.52. The van der Waals surface area contributed by atoms with Gasteiger partial charge in [0.1, 0.15) is 6.04 Å². The van der Waals surface area contributed by atoms with Crippen LogP contribution in [0.15, 0.2) is 30.3 Å². The highest BCUT2D eigenvalue weighted by molar-refractivity contribution is 6.31. The third-order valence-electron chi connectivity index (χ3n) is 5.78. The van der Waals surface area contributed by atoms with Gasteiger partial charge in [-0.3, -0.25) is 9.69 Å². The molecule has 2 aromatic rings. The zero-order valence-corrected chi connectivity index (χ0v) is 19.2. The van der Waals surface area contributed by atoms with Gasteiger partial charge in [-0.15, -0.1) is 0 Å². The number of nitrogens with zero attached hydrogens (tertiary/aromatic N) is 1. The summed E-state index contributed by atoms with van der Waals surface area (Å²) in [4.78, 5) is 13.8. The lowest BCUT2D eigenvalue weighted by Crippen LogP contribution is -2.46. The fraction of sp³-hybridized carbons (Fsp3) is 0.435. The number of piperidine rings is 1. The van der Waals surface area contributed by atoms with E-state index in [0.29, 0.717) is 48.6 Å². The number of carboxylic acids is 1. The maximum atomic E-state index is 13.6. The molecule has 0 spiro atoms. The number of halogens is 4. The van der Waals surface area contributed by atoms with Gasteiger partial charge in [0.2, 0.25) is 5.75 Å². The van der Waals surface area contributed by atoms with Crippen molar-refractivity contribution in [2.75, 3.05) is 27.9 Å². The lowest BCUT2D eigenvalue weighted by atomic mass is 9.90. The molecule has 2 aromatic carbocycles. The third kappa shape index (κ3) is 5.14. The molecule has 1 N–H and O–H groups in total. The van der Waals surface area contributed by atoms with E-state index in [2.05, 4.69) is 0 Å². The molecule has 2 unspecified atom stereocenters. The predicted octanol–water partition coefficient (Wildman–Crippen LogP) is 5.41. The second-order valence-corrected chi connectivity index (χ2v) is 8.09. The van der Waals surface area contributed by atoms with Crippen LogP contribution in [0.25, 0.3) is 0 Å². The average Bonchev–Trinajstić information content (AvgIpc) is 2.79. The van der Waals surface area contributed by atoms with Gasteiger partial charge in [0.15, 0.2) is 11.5 Å². The predicted molar refractivity (Wildman–Crippen MR) is 116 cm³/mol. The molecule has 1 aliphatic rings. The molecule has 0 saturated carbocycles. The molecule has 0 bridgehead atoms. The largest absolute Gasteiger partial charge is 0.493 e. The lowest BCUT2D eigenvalue weighted by Gasteiger charge is -2.40. The SMILES string of the molecule is COc1cc(C(c2ccc(Cl)c(C(F)(F)F)c2)N2CCCCC2C(=O)O)cc(OC)c1OC. The number of aliphatic carboxylic acids is 1. The molecule has 1 heterocycles. The van der Waals surface area contributed by atoms with Crippen molar-refractivity contribution < 1.29 is 37.3 Å². The van der Waals surface area contributed by atoms with E-state index in [4.69, 9.17) is 25.8 Å². The van der Waals surface area contributed by atoms with E-state index >= 15 is 0 Å².